The van der Waals surface area contributed by atoms with Crippen molar-refractivity contribution < 1.29 is 9.47 Å². The minimum Gasteiger partial charge on any atom is -0.473 e. The number of ether oxygens (including phenoxy) is 2. The number of pyridine rings is 1. The maximum Gasteiger partial charge on any atom is 0.237 e. The molecule has 0 bridgehead atoms. The molecule has 0 unspecified atom stereocenters. The van der Waals surface area contributed by atoms with Crippen LogP contribution in [0.25, 0.3) is 0 Å². The highest BCUT2D eigenvalue weighted by molar-refractivity contribution is 5.51. The highest BCUT2D eigenvalue weighted by Gasteiger charge is 2.17. The molecular formula is C12H18N2O2. The molecule has 2 rings (SSSR count). The second-order valence-corrected chi connectivity index (χ2v) is 3.82. The normalized spacial score (nSPS) is 17.1. The molecule has 1 aliphatic heterocycles. The van der Waals surface area contributed by atoms with Crippen LogP contribution in [0.3, 0.4) is 0 Å². The standard InChI is InChI=1S/C12H18N2O2/c1-2-13-11-4-3-7-14-12(11)16-10-5-8-15-9-6-10/h3-4,7,10,13H,2,5-6,8-9H2,1H3. The molecule has 16 heavy (non-hydrogen) atoms. The zero-order valence-electron chi connectivity index (χ0n) is 9.61. The number of nitrogens with zero attached hydrogens (tertiary/aromatic N) is 1. The van der Waals surface area contributed by atoms with Crippen LogP contribution in [0.15, 0.2) is 18.3 Å². The molecule has 1 N–H and O–H groups in total. The lowest BCUT2D eigenvalue weighted by Crippen LogP contribution is -2.26. The molecule has 4 heteroatoms. The first-order valence-electron chi connectivity index (χ1n) is 5.83. The number of hydrogen-bond acceptors (Lipinski definition) is 4. The third-order valence-electron chi connectivity index (χ3n) is 2.59. The van der Waals surface area contributed by atoms with Gasteiger partial charge in [0.25, 0.3) is 0 Å². The fourth-order valence-electron chi connectivity index (χ4n) is 1.76. The Hall–Kier alpha value is -1.29. The number of aromatic nitrogens is 1. The van der Waals surface area contributed by atoms with Gasteiger partial charge in [0.2, 0.25) is 5.88 Å². The van der Waals surface area contributed by atoms with Crippen LogP contribution in [-0.2, 0) is 4.74 Å². The van der Waals surface area contributed by atoms with E-state index in [1.807, 2.05) is 12.1 Å². The van der Waals surface area contributed by atoms with E-state index in [4.69, 9.17) is 9.47 Å². The average molecular weight is 222 g/mol. The molecular weight excluding hydrogens is 204 g/mol. The molecule has 1 fully saturated rings. The molecule has 2 heterocycles. The van der Waals surface area contributed by atoms with E-state index in [1.165, 1.54) is 0 Å². The van der Waals surface area contributed by atoms with Crippen LogP contribution in [0.5, 0.6) is 5.88 Å². The Kier molecular flexibility index (Phi) is 3.99. The Morgan fingerprint density at radius 2 is 2.31 bits per heavy atom. The first kappa shape index (κ1) is 11.2. The fraction of sp³-hybridized carbons (Fsp3) is 0.583. The largest absolute Gasteiger partial charge is 0.473 e. The number of hydrogen-bond donors (Lipinski definition) is 1. The van der Waals surface area contributed by atoms with Gasteiger partial charge in [-0.3, -0.25) is 0 Å². The van der Waals surface area contributed by atoms with Gasteiger partial charge in [-0.25, -0.2) is 4.98 Å². The molecule has 1 saturated heterocycles. The van der Waals surface area contributed by atoms with E-state index in [1.54, 1.807) is 6.20 Å². The fourth-order valence-corrected chi connectivity index (χ4v) is 1.76. The van der Waals surface area contributed by atoms with Crippen molar-refractivity contribution in [2.75, 3.05) is 25.1 Å². The van der Waals surface area contributed by atoms with Crippen molar-refractivity contribution in [3.63, 3.8) is 0 Å². The number of rotatable bonds is 4. The summed E-state index contributed by atoms with van der Waals surface area (Å²) in [4.78, 5) is 4.27. The second kappa shape index (κ2) is 5.70. The summed E-state index contributed by atoms with van der Waals surface area (Å²) in [5.41, 5.74) is 0.969. The molecule has 0 aliphatic carbocycles. The molecule has 0 aromatic carbocycles. The Balaban J connectivity index is 2.01. The monoisotopic (exact) mass is 222 g/mol. The van der Waals surface area contributed by atoms with Crippen molar-refractivity contribution in [3.8, 4) is 5.88 Å². The Bertz CT molecular complexity index is 325. The summed E-state index contributed by atoms with van der Waals surface area (Å²) in [6, 6.07) is 3.90. The summed E-state index contributed by atoms with van der Waals surface area (Å²) < 4.78 is 11.2. The van der Waals surface area contributed by atoms with E-state index in [0.29, 0.717) is 5.88 Å². The van der Waals surface area contributed by atoms with E-state index in [0.717, 1.165) is 38.3 Å². The molecule has 0 amide bonds. The minimum atomic E-state index is 0.237. The van der Waals surface area contributed by atoms with E-state index < -0.39 is 0 Å². The van der Waals surface area contributed by atoms with Crippen molar-refractivity contribution >= 4 is 5.69 Å². The molecule has 1 aliphatic rings. The van der Waals surface area contributed by atoms with Crippen LogP contribution in [-0.4, -0.2) is 30.8 Å². The lowest BCUT2D eigenvalue weighted by molar-refractivity contribution is 0.0240. The average Bonchev–Trinajstić information content (AvgIpc) is 2.33. The van der Waals surface area contributed by atoms with Gasteiger partial charge in [0.1, 0.15) is 6.10 Å². The van der Waals surface area contributed by atoms with Crippen LogP contribution in [0.1, 0.15) is 19.8 Å². The predicted octanol–water partition coefficient (Wildman–Crippen LogP) is 2.07. The minimum absolute atomic E-state index is 0.237. The van der Waals surface area contributed by atoms with Crippen LogP contribution < -0.4 is 10.1 Å². The van der Waals surface area contributed by atoms with Crippen LogP contribution in [0, 0.1) is 0 Å². The van der Waals surface area contributed by atoms with Gasteiger partial charge in [-0.2, -0.15) is 0 Å². The highest BCUT2D eigenvalue weighted by atomic mass is 16.5. The lowest BCUT2D eigenvalue weighted by Gasteiger charge is -2.23. The SMILES string of the molecule is CCNc1cccnc1OC1CCOCC1. The summed E-state index contributed by atoms with van der Waals surface area (Å²) in [6.45, 7) is 4.50. The lowest BCUT2D eigenvalue weighted by atomic mass is 10.1. The molecule has 0 spiro atoms. The van der Waals surface area contributed by atoms with Crippen molar-refractivity contribution in [1.82, 2.24) is 4.98 Å². The first-order valence-corrected chi connectivity index (χ1v) is 5.83. The third kappa shape index (κ3) is 2.85. The maximum absolute atomic E-state index is 5.89. The van der Waals surface area contributed by atoms with E-state index in [9.17, 15) is 0 Å². The van der Waals surface area contributed by atoms with Crippen molar-refractivity contribution in [2.45, 2.75) is 25.9 Å². The number of nitrogens with one attached hydrogen (secondary N) is 1. The Morgan fingerprint density at radius 3 is 3.06 bits per heavy atom. The van der Waals surface area contributed by atoms with Gasteiger partial charge in [-0.1, -0.05) is 0 Å². The van der Waals surface area contributed by atoms with Crippen molar-refractivity contribution in [3.05, 3.63) is 18.3 Å². The van der Waals surface area contributed by atoms with Crippen molar-refractivity contribution in [2.24, 2.45) is 0 Å². The van der Waals surface area contributed by atoms with Gasteiger partial charge in [0.15, 0.2) is 0 Å². The molecule has 0 atom stereocenters. The van der Waals surface area contributed by atoms with Crippen LogP contribution >= 0.6 is 0 Å². The van der Waals surface area contributed by atoms with Gasteiger partial charge in [-0.05, 0) is 19.1 Å². The summed E-state index contributed by atoms with van der Waals surface area (Å²) in [5, 5.41) is 3.25. The Morgan fingerprint density at radius 1 is 1.50 bits per heavy atom. The second-order valence-electron chi connectivity index (χ2n) is 3.82. The zero-order chi connectivity index (χ0) is 11.2. The summed E-state index contributed by atoms with van der Waals surface area (Å²) in [7, 11) is 0. The summed E-state index contributed by atoms with van der Waals surface area (Å²) in [6.07, 6.45) is 3.89. The zero-order valence-corrected chi connectivity index (χ0v) is 9.61. The molecule has 1 aromatic rings. The van der Waals surface area contributed by atoms with Crippen LogP contribution in [0.4, 0.5) is 5.69 Å². The first-order chi connectivity index (χ1) is 7.90. The van der Waals surface area contributed by atoms with E-state index in [2.05, 4.69) is 17.2 Å². The smallest absolute Gasteiger partial charge is 0.237 e. The van der Waals surface area contributed by atoms with Crippen molar-refractivity contribution in [1.29, 1.82) is 0 Å². The van der Waals surface area contributed by atoms with Gasteiger partial charge in [0.05, 0.1) is 18.9 Å². The van der Waals surface area contributed by atoms with E-state index >= 15 is 0 Å². The highest BCUT2D eigenvalue weighted by Crippen LogP contribution is 2.23. The Labute approximate surface area is 96.0 Å². The molecule has 88 valence electrons. The van der Waals surface area contributed by atoms with E-state index in [-0.39, 0.29) is 6.10 Å². The molecule has 0 saturated carbocycles. The van der Waals surface area contributed by atoms with Gasteiger partial charge in [-0.15, -0.1) is 0 Å². The molecule has 1 aromatic heterocycles. The van der Waals surface area contributed by atoms with Gasteiger partial charge < -0.3 is 14.8 Å². The third-order valence-corrected chi connectivity index (χ3v) is 2.59. The van der Waals surface area contributed by atoms with Gasteiger partial charge in [0, 0.05) is 25.6 Å². The molecule has 0 radical (unpaired) electrons. The summed E-state index contributed by atoms with van der Waals surface area (Å²) in [5.74, 6) is 0.705. The number of anilines is 1. The predicted molar refractivity (Wildman–Crippen MR) is 62.9 cm³/mol. The maximum atomic E-state index is 5.89. The topological polar surface area (TPSA) is 43.4 Å². The summed E-state index contributed by atoms with van der Waals surface area (Å²) >= 11 is 0. The quantitative estimate of drug-likeness (QED) is 0.847. The van der Waals surface area contributed by atoms with Crippen LogP contribution in [0.2, 0.25) is 0 Å². The van der Waals surface area contributed by atoms with Gasteiger partial charge >= 0.3 is 0 Å². The molecule has 4 nitrogen and oxygen atoms in total.